The van der Waals surface area contributed by atoms with Crippen LogP contribution in [0.1, 0.15) is 11.6 Å². The van der Waals surface area contributed by atoms with Crippen LogP contribution in [-0.4, -0.2) is 13.1 Å². The van der Waals surface area contributed by atoms with Gasteiger partial charge in [0.05, 0.1) is 7.11 Å². The highest BCUT2D eigenvalue weighted by Gasteiger charge is 2.28. The number of nitrogens with zero attached hydrogens (tertiary/aromatic N) is 1. The van der Waals surface area contributed by atoms with Gasteiger partial charge in [-0.1, -0.05) is 29.8 Å². The van der Waals surface area contributed by atoms with Crippen LogP contribution < -0.4 is 4.57 Å². The zero-order valence-corrected chi connectivity index (χ0v) is 11.4. The number of carbonyl (C=O) groups excluding carboxylic acids is 1. The third-order valence-electron chi connectivity index (χ3n) is 2.89. The summed E-state index contributed by atoms with van der Waals surface area (Å²) in [6.07, 6.45) is 4.25. The van der Waals surface area contributed by atoms with Gasteiger partial charge in [-0.3, -0.25) is 0 Å². The van der Waals surface area contributed by atoms with Gasteiger partial charge in [0.15, 0.2) is 12.4 Å². The highest BCUT2D eigenvalue weighted by molar-refractivity contribution is 6.30. The van der Waals surface area contributed by atoms with E-state index >= 15 is 0 Å². The molecule has 0 spiro atoms. The number of methoxy groups -OCH3 is 1. The van der Waals surface area contributed by atoms with Crippen LogP contribution in [0.4, 0.5) is 0 Å². The van der Waals surface area contributed by atoms with Gasteiger partial charge in [0.2, 0.25) is 0 Å². The molecule has 0 bridgehead atoms. The van der Waals surface area contributed by atoms with Crippen molar-refractivity contribution >= 4 is 17.6 Å². The van der Waals surface area contributed by atoms with E-state index in [0.29, 0.717) is 11.4 Å². The molecule has 0 saturated carbocycles. The number of aromatic nitrogens is 1. The Morgan fingerprint density at radius 1 is 1.26 bits per heavy atom. The minimum absolute atomic E-state index is 0.267. The normalized spacial score (nSPS) is 11.9. The molecule has 1 aromatic heterocycles. The van der Waals surface area contributed by atoms with Gasteiger partial charge in [0.25, 0.3) is 6.04 Å². The molecular formula is C15H15ClNO2+. The van der Waals surface area contributed by atoms with Crippen molar-refractivity contribution in [2.24, 2.45) is 0 Å². The molecule has 4 heteroatoms. The standard InChI is InChI=1S/C15H15ClNO2/c1-19-15(18)14(17-8-3-2-4-9-17)11-12-6-5-7-13(16)10-12/h2-10,14H,11H2,1H3/q+1. The van der Waals surface area contributed by atoms with Crippen molar-refractivity contribution in [2.75, 3.05) is 7.11 Å². The van der Waals surface area contributed by atoms with Crippen LogP contribution in [0, 0.1) is 0 Å². The van der Waals surface area contributed by atoms with Crippen molar-refractivity contribution in [1.29, 1.82) is 0 Å². The molecule has 3 nitrogen and oxygen atoms in total. The molecule has 0 amide bonds. The van der Waals surface area contributed by atoms with Crippen LogP contribution in [0.15, 0.2) is 54.9 Å². The molecule has 1 aromatic carbocycles. The number of rotatable bonds is 4. The molecule has 0 fully saturated rings. The summed E-state index contributed by atoms with van der Waals surface area (Å²) in [5, 5.41) is 0.666. The summed E-state index contributed by atoms with van der Waals surface area (Å²) in [4.78, 5) is 11.9. The number of pyridine rings is 1. The van der Waals surface area contributed by atoms with Gasteiger partial charge in [-0.05, 0) is 17.7 Å². The second kappa shape index (κ2) is 6.34. The van der Waals surface area contributed by atoms with E-state index in [1.165, 1.54) is 7.11 Å². The van der Waals surface area contributed by atoms with E-state index in [2.05, 4.69) is 0 Å². The Morgan fingerprint density at radius 2 is 2.00 bits per heavy atom. The van der Waals surface area contributed by atoms with Crippen molar-refractivity contribution < 1.29 is 14.1 Å². The second-order valence-corrected chi connectivity index (χ2v) is 4.63. The molecule has 0 aliphatic heterocycles. The average molecular weight is 277 g/mol. The van der Waals surface area contributed by atoms with E-state index in [1.54, 1.807) is 0 Å². The highest BCUT2D eigenvalue weighted by atomic mass is 35.5. The van der Waals surface area contributed by atoms with Gasteiger partial charge in [0, 0.05) is 23.6 Å². The second-order valence-electron chi connectivity index (χ2n) is 4.20. The van der Waals surface area contributed by atoms with Crippen molar-refractivity contribution in [1.82, 2.24) is 0 Å². The lowest BCUT2D eigenvalue weighted by Gasteiger charge is -2.10. The molecule has 19 heavy (non-hydrogen) atoms. The van der Waals surface area contributed by atoms with Crippen molar-refractivity contribution in [3.8, 4) is 0 Å². The summed E-state index contributed by atoms with van der Waals surface area (Å²) in [5.41, 5.74) is 0.999. The van der Waals surface area contributed by atoms with Crippen molar-refractivity contribution in [3.05, 3.63) is 65.4 Å². The molecular weight excluding hydrogens is 262 g/mol. The number of carbonyl (C=O) groups is 1. The number of esters is 1. The number of benzene rings is 1. The monoisotopic (exact) mass is 276 g/mol. The van der Waals surface area contributed by atoms with E-state index in [4.69, 9.17) is 16.3 Å². The van der Waals surface area contributed by atoms with Gasteiger partial charge < -0.3 is 4.74 Å². The molecule has 1 atom stereocenters. The highest BCUT2D eigenvalue weighted by Crippen LogP contribution is 2.15. The fourth-order valence-electron chi connectivity index (χ4n) is 1.95. The minimum atomic E-state index is -0.385. The van der Waals surface area contributed by atoms with Crippen molar-refractivity contribution in [2.45, 2.75) is 12.5 Å². The largest absolute Gasteiger partial charge is 0.464 e. The first-order chi connectivity index (χ1) is 9.20. The van der Waals surface area contributed by atoms with Crippen LogP contribution in [0.5, 0.6) is 0 Å². The summed E-state index contributed by atoms with van der Waals surface area (Å²) in [7, 11) is 1.40. The first kappa shape index (κ1) is 13.6. The number of halogens is 1. The van der Waals surface area contributed by atoms with Gasteiger partial charge in [0.1, 0.15) is 0 Å². The summed E-state index contributed by atoms with van der Waals surface area (Å²) < 4.78 is 6.72. The molecule has 0 N–H and O–H groups in total. The first-order valence-electron chi connectivity index (χ1n) is 5.99. The SMILES string of the molecule is COC(=O)C(Cc1cccc(Cl)c1)[n+]1ccccc1. The van der Waals surface area contributed by atoms with Gasteiger partial charge in [-0.15, -0.1) is 0 Å². The molecule has 2 aromatic rings. The van der Waals surface area contributed by atoms with Gasteiger partial charge in [-0.25, -0.2) is 4.79 Å². The lowest BCUT2D eigenvalue weighted by atomic mass is 10.1. The van der Waals surface area contributed by atoms with Crippen LogP contribution in [0.25, 0.3) is 0 Å². The molecule has 2 rings (SSSR count). The predicted molar refractivity (Wildman–Crippen MR) is 72.8 cm³/mol. The summed E-state index contributed by atoms with van der Waals surface area (Å²) in [5.74, 6) is -0.267. The molecule has 1 unspecified atom stereocenters. The lowest BCUT2D eigenvalue weighted by molar-refractivity contribution is -0.710. The molecule has 1 heterocycles. The number of ether oxygens (including phenoxy) is 1. The van der Waals surface area contributed by atoms with E-state index in [1.807, 2.05) is 59.4 Å². The topological polar surface area (TPSA) is 30.2 Å². The zero-order chi connectivity index (χ0) is 13.7. The van der Waals surface area contributed by atoms with E-state index in [-0.39, 0.29) is 12.0 Å². The maximum atomic E-state index is 11.9. The molecule has 0 radical (unpaired) electrons. The van der Waals surface area contributed by atoms with Crippen LogP contribution in [-0.2, 0) is 16.0 Å². The summed E-state index contributed by atoms with van der Waals surface area (Å²) in [6.45, 7) is 0. The maximum Gasteiger partial charge on any atom is 0.375 e. The predicted octanol–water partition coefficient (Wildman–Crippen LogP) is 2.58. The summed E-state index contributed by atoms with van der Waals surface area (Å²) in [6, 6.07) is 12.8. The van der Waals surface area contributed by atoms with E-state index in [9.17, 15) is 4.79 Å². The van der Waals surface area contributed by atoms with Gasteiger partial charge in [-0.2, -0.15) is 4.57 Å². The Labute approximate surface area is 117 Å². The zero-order valence-electron chi connectivity index (χ0n) is 10.6. The van der Waals surface area contributed by atoms with E-state index < -0.39 is 0 Å². The quantitative estimate of drug-likeness (QED) is 0.635. The van der Waals surface area contributed by atoms with Crippen LogP contribution >= 0.6 is 11.6 Å². The number of hydrogen-bond donors (Lipinski definition) is 0. The maximum absolute atomic E-state index is 11.9. The van der Waals surface area contributed by atoms with Crippen LogP contribution in [0.3, 0.4) is 0 Å². The van der Waals surface area contributed by atoms with Crippen LogP contribution in [0.2, 0.25) is 5.02 Å². The lowest BCUT2D eigenvalue weighted by Crippen LogP contribution is -2.45. The Morgan fingerprint density at radius 3 is 2.63 bits per heavy atom. The fourth-order valence-corrected chi connectivity index (χ4v) is 2.17. The van der Waals surface area contributed by atoms with Gasteiger partial charge >= 0.3 is 5.97 Å². The van der Waals surface area contributed by atoms with E-state index in [0.717, 1.165) is 5.56 Å². The Bertz CT molecular complexity index is 557. The summed E-state index contributed by atoms with van der Waals surface area (Å²) >= 11 is 5.96. The smallest absolute Gasteiger partial charge is 0.375 e. The fraction of sp³-hybridized carbons (Fsp3) is 0.200. The number of hydrogen-bond acceptors (Lipinski definition) is 2. The third kappa shape index (κ3) is 3.55. The Kier molecular flexibility index (Phi) is 4.53. The average Bonchev–Trinajstić information content (AvgIpc) is 2.45. The Balaban J connectivity index is 2.27. The molecule has 0 saturated heterocycles. The molecule has 0 aliphatic rings. The third-order valence-corrected chi connectivity index (χ3v) is 3.12. The molecule has 0 aliphatic carbocycles. The van der Waals surface area contributed by atoms with Crippen molar-refractivity contribution in [3.63, 3.8) is 0 Å². The minimum Gasteiger partial charge on any atom is -0.464 e. The molecule has 98 valence electrons. The first-order valence-corrected chi connectivity index (χ1v) is 6.36. The Hall–Kier alpha value is -1.87.